The van der Waals surface area contributed by atoms with Crippen molar-refractivity contribution in [1.82, 2.24) is 4.90 Å². The van der Waals surface area contributed by atoms with Crippen LogP contribution in [0.3, 0.4) is 0 Å². The van der Waals surface area contributed by atoms with Gasteiger partial charge in [-0.25, -0.2) is 4.79 Å². The van der Waals surface area contributed by atoms with Gasteiger partial charge in [-0.05, 0) is 69.4 Å². The Morgan fingerprint density at radius 3 is 2.63 bits per heavy atom. The molecular formula is C30H33Cl2NO5. The van der Waals surface area contributed by atoms with Crippen molar-refractivity contribution in [2.24, 2.45) is 5.92 Å². The second kappa shape index (κ2) is 10.9. The number of aliphatic hydroxyl groups is 1. The van der Waals surface area contributed by atoms with Crippen LogP contribution in [-0.2, 0) is 17.8 Å². The minimum absolute atomic E-state index is 0.0229. The molecule has 2 aliphatic rings. The number of rotatable bonds is 6. The Balaban J connectivity index is 1.30. The topological polar surface area (TPSA) is 80.0 Å². The van der Waals surface area contributed by atoms with Gasteiger partial charge in [0.2, 0.25) is 5.91 Å². The van der Waals surface area contributed by atoms with Gasteiger partial charge in [0.1, 0.15) is 17.9 Å². The molecule has 1 saturated heterocycles. The summed E-state index contributed by atoms with van der Waals surface area (Å²) in [6.07, 6.45) is 5.14. The van der Waals surface area contributed by atoms with E-state index in [-0.39, 0.29) is 24.9 Å². The summed E-state index contributed by atoms with van der Waals surface area (Å²) in [5.41, 5.74) is 2.15. The van der Waals surface area contributed by atoms with Gasteiger partial charge in [0.05, 0.1) is 5.60 Å². The number of likely N-dealkylation sites (tertiary alicyclic amines) is 1. The number of carbonyl (C=O) groups excluding carboxylic acids is 1. The van der Waals surface area contributed by atoms with Gasteiger partial charge in [-0.1, -0.05) is 42.1 Å². The average molecular weight is 559 g/mol. The molecule has 0 radical (unpaired) electrons. The maximum Gasteiger partial charge on any atom is 0.339 e. The minimum Gasteiger partial charge on any atom is -0.488 e. The maximum absolute atomic E-state index is 13.0. The summed E-state index contributed by atoms with van der Waals surface area (Å²) in [4.78, 5) is 27.9. The first-order valence-corrected chi connectivity index (χ1v) is 14.1. The van der Waals surface area contributed by atoms with E-state index in [1.165, 1.54) is 0 Å². The van der Waals surface area contributed by atoms with E-state index in [4.69, 9.17) is 32.4 Å². The summed E-state index contributed by atoms with van der Waals surface area (Å²) in [5, 5.41) is 12.8. The second-order valence-corrected chi connectivity index (χ2v) is 11.5. The molecule has 2 atom stereocenters. The van der Waals surface area contributed by atoms with Crippen LogP contribution in [0.4, 0.5) is 0 Å². The Bertz CT molecular complexity index is 1410. The van der Waals surface area contributed by atoms with E-state index in [1.807, 2.05) is 30.9 Å². The third kappa shape index (κ3) is 5.18. The Labute approximate surface area is 232 Å². The van der Waals surface area contributed by atoms with Crippen molar-refractivity contribution in [3.8, 4) is 5.75 Å². The Hall–Kier alpha value is -2.54. The van der Waals surface area contributed by atoms with Gasteiger partial charge in [-0.15, -0.1) is 0 Å². The molecule has 1 aromatic heterocycles. The molecule has 8 heteroatoms. The van der Waals surface area contributed by atoms with Crippen LogP contribution in [0.15, 0.2) is 39.5 Å². The highest BCUT2D eigenvalue weighted by Gasteiger charge is 2.43. The van der Waals surface area contributed by atoms with Crippen molar-refractivity contribution in [1.29, 1.82) is 0 Å². The Morgan fingerprint density at radius 1 is 1.11 bits per heavy atom. The summed E-state index contributed by atoms with van der Waals surface area (Å²) >= 11 is 12.5. The lowest BCUT2D eigenvalue weighted by Gasteiger charge is -2.47. The molecule has 0 spiro atoms. The van der Waals surface area contributed by atoms with Gasteiger partial charge in [0.15, 0.2) is 0 Å². The summed E-state index contributed by atoms with van der Waals surface area (Å²) in [5.74, 6) is 0.746. The van der Waals surface area contributed by atoms with Crippen molar-refractivity contribution in [3.05, 3.63) is 73.1 Å². The fourth-order valence-corrected chi connectivity index (χ4v) is 6.53. The molecule has 2 fully saturated rings. The summed E-state index contributed by atoms with van der Waals surface area (Å²) in [6.45, 7) is 5.09. The molecule has 5 rings (SSSR count). The summed E-state index contributed by atoms with van der Waals surface area (Å²) < 4.78 is 11.8. The lowest BCUT2D eigenvalue weighted by atomic mass is 9.71. The zero-order valence-corrected chi connectivity index (χ0v) is 23.3. The van der Waals surface area contributed by atoms with E-state index in [9.17, 15) is 14.7 Å². The molecule has 0 unspecified atom stereocenters. The van der Waals surface area contributed by atoms with Crippen LogP contribution in [0.1, 0.15) is 60.8 Å². The zero-order chi connectivity index (χ0) is 27.0. The molecule has 6 nitrogen and oxygen atoms in total. The number of benzene rings is 2. The van der Waals surface area contributed by atoms with Gasteiger partial charge in [0, 0.05) is 57.6 Å². The smallest absolute Gasteiger partial charge is 0.339 e. The van der Waals surface area contributed by atoms with Crippen LogP contribution in [0.25, 0.3) is 11.0 Å². The molecule has 3 aromatic rings. The molecule has 1 aliphatic heterocycles. The average Bonchev–Trinajstić information content (AvgIpc) is 2.89. The van der Waals surface area contributed by atoms with Crippen LogP contribution < -0.4 is 10.4 Å². The van der Waals surface area contributed by atoms with Crippen LogP contribution in [0.2, 0.25) is 10.0 Å². The number of piperidine rings is 1. The summed E-state index contributed by atoms with van der Waals surface area (Å²) in [7, 11) is 0. The zero-order valence-electron chi connectivity index (χ0n) is 21.8. The van der Waals surface area contributed by atoms with E-state index in [2.05, 4.69) is 0 Å². The van der Waals surface area contributed by atoms with Crippen molar-refractivity contribution in [3.63, 3.8) is 0 Å². The van der Waals surface area contributed by atoms with Gasteiger partial charge < -0.3 is 19.2 Å². The fourth-order valence-electron chi connectivity index (χ4n) is 6.02. The molecule has 1 N–H and O–H groups in total. The number of hydrogen-bond acceptors (Lipinski definition) is 5. The number of hydrogen-bond donors (Lipinski definition) is 1. The number of amides is 1. The predicted molar refractivity (Wildman–Crippen MR) is 149 cm³/mol. The van der Waals surface area contributed by atoms with E-state index in [0.29, 0.717) is 64.0 Å². The number of nitrogens with zero attached hydrogens (tertiary/aromatic N) is 1. The second-order valence-electron chi connectivity index (χ2n) is 10.7. The molecule has 0 bridgehead atoms. The normalized spacial score (nSPS) is 21.4. The van der Waals surface area contributed by atoms with Crippen LogP contribution in [0.5, 0.6) is 5.75 Å². The van der Waals surface area contributed by atoms with E-state index in [0.717, 1.165) is 36.6 Å². The maximum atomic E-state index is 13.0. The van der Waals surface area contributed by atoms with E-state index in [1.54, 1.807) is 18.2 Å². The highest BCUT2D eigenvalue weighted by atomic mass is 35.5. The minimum atomic E-state index is -0.620. The fraction of sp³-hybridized carbons (Fsp3) is 0.467. The first-order chi connectivity index (χ1) is 18.2. The molecule has 2 heterocycles. The standard InChI is InChI=1S/C30H33Cl2NO5/c1-18-21-9-11-26(37-17-23-24(31)7-5-8-25(23)32)19(2)28(21)38-29(35)22(18)10-12-27(34)33-15-14-30(36)13-4-3-6-20(30)16-33/h5,7-9,11,20,36H,3-4,6,10,12-17H2,1-2H3/t20-,30+/m0/s1. The Morgan fingerprint density at radius 2 is 1.87 bits per heavy atom. The van der Waals surface area contributed by atoms with Crippen LogP contribution in [-0.4, -0.2) is 34.6 Å². The number of carbonyl (C=O) groups is 1. The lowest BCUT2D eigenvalue weighted by Crippen LogP contribution is -2.54. The van der Waals surface area contributed by atoms with Crippen molar-refractivity contribution in [2.75, 3.05) is 13.1 Å². The molecule has 2 aromatic carbocycles. The SMILES string of the molecule is Cc1c(CCC(=O)N2CC[C@]3(O)CCCC[C@H]3C2)c(=O)oc2c(C)c(OCc3c(Cl)cccc3Cl)ccc12. The van der Waals surface area contributed by atoms with Gasteiger partial charge in [0.25, 0.3) is 0 Å². The largest absolute Gasteiger partial charge is 0.488 e. The monoisotopic (exact) mass is 557 g/mol. The number of aryl methyl sites for hydroxylation is 2. The Kier molecular flexibility index (Phi) is 7.77. The van der Waals surface area contributed by atoms with Gasteiger partial charge in [-0.3, -0.25) is 4.79 Å². The lowest BCUT2D eigenvalue weighted by molar-refractivity contribution is -0.143. The quantitative estimate of drug-likeness (QED) is 0.355. The van der Waals surface area contributed by atoms with Crippen molar-refractivity contribution >= 4 is 40.1 Å². The van der Waals surface area contributed by atoms with Crippen LogP contribution >= 0.6 is 23.2 Å². The number of fused-ring (bicyclic) bond motifs is 2. The molecule has 1 amide bonds. The third-order valence-electron chi connectivity index (χ3n) is 8.46. The van der Waals surface area contributed by atoms with Gasteiger partial charge >= 0.3 is 5.63 Å². The predicted octanol–water partition coefficient (Wildman–Crippen LogP) is 6.38. The highest BCUT2D eigenvalue weighted by molar-refractivity contribution is 6.35. The molecule has 1 aliphatic carbocycles. The molecular weight excluding hydrogens is 525 g/mol. The molecule has 1 saturated carbocycles. The molecule has 38 heavy (non-hydrogen) atoms. The van der Waals surface area contributed by atoms with Crippen molar-refractivity contribution in [2.45, 2.75) is 71.0 Å². The van der Waals surface area contributed by atoms with E-state index >= 15 is 0 Å². The first-order valence-electron chi connectivity index (χ1n) is 13.3. The van der Waals surface area contributed by atoms with Gasteiger partial charge in [-0.2, -0.15) is 0 Å². The van der Waals surface area contributed by atoms with E-state index < -0.39 is 11.2 Å². The first kappa shape index (κ1) is 27.0. The summed E-state index contributed by atoms with van der Waals surface area (Å²) in [6, 6.07) is 9.03. The third-order valence-corrected chi connectivity index (χ3v) is 9.17. The number of halogens is 2. The van der Waals surface area contributed by atoms with Crippen LogP contribution in [0, 0.1) is 19.8 Å². The highest BCUT2D eigenvalue weighted by Crippen LogP contribution is 2.40. The number of ether oxygens (including phenoxy) is 1. The van der Waals surface area contributed by atoms with Crippen molar-refractivity contribution < 1.29 is 19.1 Å². The molecule has 202 valence electrons.